The van der Waals surface area contributed by atoms with Gasteiger partial charge in [-0.3, -0.25) is 14.2 Å². The van der Waals surface area contributed by atoms with Crippen LogP contribution in [-0.4, -0.2) is 25.5 Å². The van der Waals surface area contributed by atoms with Gasteiger partial charge in [0.15, 0.2) is 0 Å². The Balaban J connectivity index is 1.48. The van der Waals surface area contributed by atoms with Crippen molar-refractivity contribution >= 4 is 34.0 Å². The van der Waals surface area contributed by atoms with Crippen molar-refractivity contribution < 1.29 is 4.79 Å². The maximum atomic E-state index is 12.6. The van der Waals surface area contributed by atoms with Gasteiger partial charge >= 0.3 is 0 Å². The third kappa shape index (κ3) is 3.51. The van der Waals surface area contributed by atoms with Crippen molar-refractivity contribution in [3.8, 4) is 0 Å². The highest BCUT2D eigenvalue weighted by Gasteiger charge is 2.19. The number of benzene rings is 2. The fourth-order valence-corrected chi connectivity index (χ4v) is 3.40. The zero-order valence-electron chi connectivity index (χ0n) is 15.6. The number of amides is 1. The lowest BCUT2D eigenvalue weighted by molar-refractivity contribution is -0.119. The number of hydrogen-bond donors (Lipinski definition) is 1. The molecule has 4 aromatic rings. The lowest BCUT2D eigenvalue weighted by Gasteiger charge is -2.13. The predicted molar refractivity (Wildman–Crippen MR) is 111 cm³/mol. The van der Waals surface area contributed by atoms with Gasteiger partial charge in [-0.25, -0.2) is 0 Å². The minimum absolute atomic E-state index is 0.174. The summed E-state index contributed by atoms with van der Waals surface area (Å²) in [4.78, 5) is 12.6. The summed E-state index contributed by atoms with van der Waals surface area (Å²) < 4.78 is 3.43. The minimum Gasteiger partial charge on any atom is -0.322 e. The van der Waals surface area contributed by atoms with Crippen LogP contribution in [0.2, 0.25) is 5.02 Å². The Kier molecular flexibility index (Phi) is 4.88. The molecule has 0 saturated heterocycles. The van der Waals surface area contributed by atoms with E-state index in [2.05, 4.69) is 39.8 Å². The molecule has 28 heavy (non-hydrogen) atoms. The summed E-state index contributed by atoms with van der Waals surface area (Å²) in [5, 5.41) is 14.4. The zero-order valence-corrected chi connectivity index (χ0v) is 16.4. The first-order valence-electron chi connectivity index (χ1n) is 9.02. The number of nitrogens with one attached hydrogen (secondary N) is 1. The molecule has 0 fully saturated rings. The van der Waals surface area contributed by atoms with E-state index in [9.17, 15) is 4.79 Å². The Morgan fingerprint density at radius 3 is 2.71 bits per heavy atom. The van der Waals surface area contributed by atoms with Gasteiger partial charge in [0.1, 0.15) is 6.04 Å². The van der Waals surface area contributed by atoms with Crippen LogP contribution in [0.3, 0.4) is 0 Å². The number of aromatic nitrogens is 4. The van der Waals surface area contributed by atoms with E-state index in [1.54, 1.807) is 24.0 Å². The number of carbonyl (C=O) groups is 1. The Labute approximate surface area is 167 Å². The summed E-state index contributed by atoms with van der Waals surface area (Å²) in [6.45, 7) is 4.24. The standard InChI is InChI=1S/C21H20ClN5O/c1-14-20(22)11-24-27(14)15(2)21(28)25-18-10-23-26(13-18)12-17-8-5-7-16-6-3-4-9-19(16)17/h3-11,13,15H,12H2,1-2H3,(H,25,28). The molecule has 2 heterocycles. The number of rotatable bonds is 5. The van der Waals surface area contributed by atoms with E-state index in [1.807, 2.05) is 36.0 Å². The molecule has 0 aliphatic carbocycles. The molecule has 7 heteroatoms. The third-order valence-electron chi connectivity index (χ3n) is 4.84. The van der Waals surface area contributed by atoms with Gasteiger partial charge in [0.25, 0.3) is 0 Å². The largest absolute Gasteiger partial charge is 0.322 e. The Hall–Kier alpha value is -3.12. The van der Waals surface area contributed by atoms with Gasteiger partial charge in [0, 0.05) is 6.20 Å². The van der Waals surface area contributed by atoms with Crippen LogP contribution in [0.1, 0.15) is 24.2 Å². The SMILES string of the molecule is Cc1c(Cl)cnn1C(C)C(=O)Nc1cnn(Cc2cccc3ccccc23)c1. The van der Waals surface area contributed by atoms with Crippen molar-refractivity contribution in [2.75, 3.05) is 5.32 Å². The molecule has 0 spiro atoms. The molecule has 0 bridgehead atoms. The normalized spacial score (nSPS) is 12.2. The van der Waals surface area contributed by atoms with E-state index in [-0.39, 0.29) is 5.91 Å². The Morgan fingerprint density at radius 2 is 1.93 bits per heavy atom. The lowest BCUT2D eigenvalue weighted by Crippen LogP contribution is -2.25. The molecule has 0 saturated carbocycles. The van der Waals surface area contributed by atoms with E-state index < -0.39 is 6.04 Å². The average molecular weight is 394 g/mol. The molecule has 1 amide bonds. The molecule has 2 aromatic carbocycles. The van der Waals surface area contributed by atoms with Crippen molar-refractivity contribution in [2.45, 2.75) is 26.4 Å². The summed E-state index contributed by atoms with van der Waals surface area (Å²) in [6, 6.07) is 14.0. The van der Waals surface area contributed by atoms with Crippen molar-refractivity contribution in [3.63, 3.8) is 0 Å². The minimum atomic E-state index is -0.478. The van der Waals surface area contributed by atoms with Crippen molar-refractivity contribution in [1.29, 1.82) is 0 Å². The quantitative estimate of drug-likeness (QED) is 0.545. The topological polar surface area (TPSA) is 64.7 Å². The van der Waals surface area contributed by atoms with Crippen LogP contribution in [0.5, 0.6) is 0 Å². The lowest BCUT2D eigenvalue weighted by atomic mass is 10.0. The molecule has 0 aliphatic rings. The summed E-state index contributed by atoms with van der Waals surface area (Å²) in [7, 11) is 0. The van der Waals surface area contributed by atoms with E-state index in [1.165, 1.54) is 16.3 Å². The average Bonchev–Trinajstić information content (AvgIpc) is 3.28. The van der Waals surface area contributed by atoms with Crippen LogP contribution >= 0.6 is 11.6 Å². The number of fused-ring (bicyclic) bond motifs is 1. The first kappa shape index (κ1) is 18.3. The monoisotopic (exact) mass is 393 g/mol. The van der Waals surface area contributed by atoms with Crippen LogP contribution in [0.4, 0.5) is 5.69 Å². The smallest absolute Gasteiger partial charge is 0.249 e. The van der Waals surface area contributed by atoms with Crippen LogP contribution in [0.25, 0.3) is 10.8 Å². The van der Waals surface area contributed by atoms with Gasteiger partial charge in [-0.2, -0.15) is 10.2 Å². The molecule has 4 rings (SSSR count). The fraction of sp³-hybridized carbons (Fsp3) is 0.190. The van der Waals surface area contributed by atoms with Crippen molar-refractivity contribution in [2.24, 2.45) is 0 Å². The maximum absolute atomic E-state index is 12.6. The van der Waals surface area contributed by atoms with Gasteiger partial charge < -0.3 is 5.32 Å². The second-order valence-electron chi connectivity index (χ2n) is 6.75. The van der Waals surface area contributed by atoms with Gasteiger partial charge in [0.2, 0.25) is 5.91 Å². The van der Waals surface area contributed by atoms with E-state index in [0.29, 0.717) is 17.3 Å². The van der Waals surface area contributed by atoms with Crippen molar-refractivity contribution in [3.05, 3.63) is 77.3 Å². The Morgan fingerprint density at radius 1 is 1.14 bits per heavy atom. The summed E-state index contributed by atoms with van der Waals surface area (Å²) in [6.07, 6.45) is 5.02. The summed E-state index contributed by atoms with van der Waals surface area (Å²) in [5.74, 6) is -0.174. The van der Waals surface area contributed by atoms with E-state index in [0.717, 1.165) is 5.69 Å². The molecule has 2 aromatic heterocycles. The number of anilines is 1. The highest BCUT2D eigenvalue weighted by molar-refractivity contribution is 6.31. The van der Waals surface area contributed by atoms with E-state index in [4.69, 9.17) is 11.6 Å². The molecular formula is C21H20ClN5O. The summed E-state index contributed by atoms with van der Waals surface area (Å²) >= 11 is 6.03. The fourth-order valence-electron chi connectivity index (χ4n) is 3.27. The predicted octanol–water partition coefficient (Wildman–Crippen LogP) is 4.44. The molecule has 0 aliphatic heterocycles. The van der Waals surface area contributed by atoms with Gasteiger partial charge in [-0.1, -0.05) is 54.1 Å². The van der Waals surface area contributed by atoms with Gasteiger partial charge in [0.05, 0.1) is 35.3 Å². The van der Waals surface area contributed by atoms with Gasteiger partial charge in [-0.15, -0.1) is 0 Å². The second kappa shape index (κ2) is 7.48. The van der Waals surface area contributed by atoms with Crippen LogP contribution in [-0.2, 0) is 11.3 Å². The van der Waals surface area contributed by atoms with Crippen LogP contribution in [0.15, 0.2) is 61.1 Å². The number of carbonyl (C=O) groups excluding carboxylic acids is 1. The number of nitrogens with zero attached hydrogens (tertiary/aromatic N) is 4. The van der Waals surface area contributed by atoms with E-state index >= 15 is 0 Å². The maximum Gasteiger partial charge on any atom is 0.249 e. The molecule has 1 N–H and O–H groups in total. The molecule has 142 valence electrons. The second-order valence-corrected chi connectivity index (χ2v) is 7.16. The number of halogens is 1. The third-order valence-corrected chi connectivity index (χ3v) is 5.22. The van der Waals surface area contributed by atoms with Crippen molar-refractivity contribution in [1.82, 2.24) is 19.6 Å². The molecule has 0 radical (unpaired) electrons. The molecular weight excluding hydrogens is 374 g/mol. The molecule has 1 atom stereocenters. The number of hydrogen-bond acceptors (Lipinski definition) is 3. The highest BCUT2D eigenvalue weighted by Crippen LogP contribution is 2.21. The zero-order chi connectivity index (χ0) is 19.7. The van der Waals surface area contributed by atoms with Gasteiger partial charge in [-0.05, 0) is 30.2 Å². The molecule has 1 unspecified atom stereocenters. The Bertz CT molecular complexity index is 1140. The highest BCUT2D eigenvalue weighted by atomic mass is 35.5. The first-order chi connectivity index (χ1) is 13.5. The van der Waals surface area contributed by atoms with Crippen LogP contribution in [0, 0.1) is 6.92 Å². The van der Waals surface area contributed by atoms with Crippen LogP contribution < -0.4 is 5.32 Å². The first-order valence-corrected chi connectivity index (χ1v) is 9.40. The molecule has 6 nitrogen and oxygen atoms in total. The summed E-state index contributed by atoms with van der Waals surface area (Å²) in [5.41, 5.74) is 2.58.